The van der Waals surface area contributed by atoms with Crippen molar-refractivity contribution in [2.45, 2.75) is 32.5 Å². The van der Waals surface area contributed by atoms with Gasteiger partial charge in [0.25, 0.3) is 0 Å². The first kappa shape index (κ1) is 18.7. The molecule has 1 aliphatic rings. The van der Waals surface area contributed by atoms with Crippen molar-refractivity contribution in [3.63, 3.8) is 0 Å². The zero-order valence-corrected chi connectivity index (χ0v) is 15.0. The highest BCUT2D eigenvalue weighted by Gasteiger charge is 2.19. The van der Waals surface area contributed by atoms with Crippen LogP contribution in [0.2, 0.25) is 5.02 Å². The molecule has 0 spiro atoms. The van der Waals surface area contributed by atoms with E-state index in [0.717, 1.165) is 36.8 Å². The molecule has 0 bridgehead atoms. The Kier molecular flexibility index (Phi) is 7.80. The number of aliphatic hydroxyl groups excluding tert-OH is 1. The molecular weight excluding hydrogens is 312 g/mol. The van der Waals surface area contributed by atoms with Crippen LogP contribution < -0.4 is 0 Å². The second kappa shape index (κ2) is 9.60. The van der Waals surface area contributed by atoms with Gasteiger partial charge in [0.05, 0.1) is 18.8 Å². The van der Waals surface area contributed by atoms with Gasteiger partial charge in [-0.25, -0.2) is 0 Å². The Labute approximate surface area is 145 Å². The molecule has 130 valence electrons. The van der Waals surface area contributed by atoms with Gasteiger partial charge in [0.15, 0.2) is 0 Å². The molecule has 5 heteroatoms. The van der Waals surface area contributed by atoms with Crippen molar-refractivity contribution in [3.8, 4) is 0 Å². The molecular formula is C18H29ClN2O2. The molecule has 1 N–H and O–H groups in total. The third kappa shape index (κ3) is 6.40. The van der Waals surface area contributed by atoms with Crippen LogP contribution in [0.25, 0.3) is 0 Å². The van der Waals surface area contributed by atoms with E-state index >= 15 is 0 Å². The Morgan fingerprint density at radius 2 is 1.74 bits per heavy atom. The van der Waals surface area contributed by atoms with Gasteiger partial charge < -0.3 is 14.7 Å². The molecule has 4 nitrogen and oxygen atoms in total. The molecule has 2 rings (SSSR count). The molecule has 0 aliphatic carbocycles. The zero-order chi connectivity index (χ0) is 16.7. The maximum absolute atomic E-state index is 10.2. The van der Waals surface area contributed by atoms with Gasteiger partial charge in [-0.15, -0.1) is 0 Å². The number of rotatable bonds is 8. The van der Waals surface area contributed by atoms with Gasteiger partial charge in [-0.05, 0) is 37.6 Å². The lowest BCUT2D eigenvalue weighted by Crippen LogP contribution is -2.49. The molecule has 1 heterocycles. The van der Waals surface area contributed by atoms with Crippen molar-refractivity contribution < 1.29 is 9.84 Å². The molecule has 1 saturated heterocycles. The van der Waals surface area contributed by atoms with Gasteiger partial charge in [0, 0.05) is 37.7 Å². The van der Waals surface area contributed by atoms with Gasteiger partial charge in [-0.1, -0.05) is 30.7 Å². The number of aliphatic hydroxyl groups is 1. The summed E-state index contributed by atoms with van der Waals surface area (Å²) in [6, 6.07) is 7.66. The molecule has 0 radical (unpaired) electrons. The Bertz CT molecular complexity index is 447. The molecule has 1 aromatic rings. The van der Waals surface area contributed by atoms with Crippen molar-refractivity contribution in [1.29, 1.82) is 0 Å². The summed E-state index contributed by atoms with van der Waals surface area (Å²) in [6.07, 6.45) is 0.727. The highest BCUT2D eigenvalue weighted by atomic mass is 35.5. The topological polar surface area (TPSA) is 35.9 Å². The van der Waals surface area contributed by atoms with Crippen LogP contribution in [-0.4, -0.2) is 66.9 Å². The van der Waals surface area contributed by atoms with E-state index in [-0.39, 0.29) is 6.10 Å². The number of piperazine rings is 1. The number of nitrogens with zero attached hydrogens (tertiary/aromatic N) is 2. The molecule has 1 aromatic carbocycles. The fourth-order valence-corrected chi connectivity index (χ4v) is 3.07. The van der Waals surface area contributed by atoms with Crippen LogP contribution in [0.3, 0.4) is 0 Å². The summed E-state index contributed by atoms with van der Waals surface area (Å²) in [5, 5.41) is 10.9. The van der Waals surface area contributed by atoms with Gasteiger partial charge in [0.1, 0.15) is 0 Å². The first-order valence-corrected chi connectivity index (χ1v) is 8.96. The van der Waals surface area contributed by atoms with Crippen LogP contribution in [0.1, 0.15) is 31.9 Å². The van der Waals surface area contributed by atoms with E-state index in [1.165, 1.54) is 13.0 Å². The number of halogens is 1. The zero-order valence-electron chi connectivity index (χ0n) is 14.2. The van der Waals surface area contributed by atoms with Crippen molar-refractivity contribution in [2.24, 2.45) is 0 Å². The Morgan fingerprint density at radius 3 is 2.35 bits per heavy atom. The smallest absolute Gasteiger partial charge is 0.0900 e. The average Bonchev–Trinajstić information content (AvgIpc) is 2.55. The summed E-state index contributed by atoms with van der Waals surface area (Å²) < 4.78 is 5.80. The largest absolute Gasteiger partial charge is 0.389 e. The lowest BCUT2D eigenvalue weighted by molar-refractivity contribution is -0.0209. The van der Waals surface area contributed by atoms with E-state index in [9.17, 15) is 5.11 Å². The predicted octanol–water partition coefficient (Wildman–Crippen LogP) is 2.81. The summed E-state index contributed by atoms with van der Waals surface area (Å²) in [7, 11) is 0. The highest BCUT2D eigenvalue weighted by molar-refractivity contribution is 6.30. The molecule has 23 heavy (non-hydrogen) atoms. The fraction of sp³-hybridized carbons (Fsp3) is 0.667. The summed E-state index contributed by atoms with van der Waals surface area (Å²) in [5.74, 6) is 0. The second-order valence-electron chi connectivity index (χ2n) is 6.32. The van der Waals surface area contributed by atoms with Crippen LogP contribution in [0, 0.1) is 0 Å². The van der Waals surface area contributed by atoms with Crippen LogP contribution in [0.5, 0.6) is 0 Å². The van der Waals surface area contributed by atoms with E-state index in [4.69, 9.17) is 16.3 Å². The van der Waals surface area contributed by atoms with Crippen LogP contribution in [0.15, 0.2) is 24.3 Å². The number of benzene rings is 1. The summed E-state index contributed by atoms with van der Waals surface area (Å²) in [6.45, 7) is 10.7. The van der Waals surface area contributed by atoms with Crippen molar-refractivity contribution in [1.82, 2.24) is 9.80 Å². The number of ether oxygens (including phenoxy) is 1. The Balaban J connectivity index is 1.67. The lowest BCUT2D eigenvalue weighted by Gasteiger charge is -2.35. The number of hydrogen-bond acceptors (Lipinski definition) is 4. The van der Waals surface area contributed by atoms with Gasteiger partial charge in [-0.3, -0.25) is 4.90 Å². The predicted molar refractivity (Wildman–Crippen MR) is 95.0 cm³/mol. The van der Waals surface area contributed by atoms with Crippen LogP contribution in [-0.2, 0) is 4.74 Å². The van der Waals surface area contributed by atoms with E-state index in [2.05, 4.69) is 16.7 Å². The van der Waals surface area contributed by atoms with Crippen molar-refractivity contribution in [3.05, 3.63) is 34.9 Å². The molecule has 1 aliphatic heterocycles. The van der Waals surface area contributed by atoms with Gasteiger partial charge in [-0.2, -0.15) is 0 Å². The molecule has 2 unspecified atom stereocenters. The van der Waals surface area contributed by atoms with Crippen LogP contribution in [0.4, 0.5) is 0 Å². The third-order valence-electron chi connectivity index (χ3n) is 4.35. The third-order valence-corrected chi connectivity index (χ3v) is 4.60. The number of hydrogen-bond donors (Lipinski definition) is 1. The Hall–Kier alpha value is -0.650. The summed E-state index contributed by atoms with van der Waals surface area (Å²) in [5.41, 5.74) is 1.08. The fourth-order valence-electron chi connectivity index (χ4n) is 2.95. The monoisotopic (exact) mass is 340 g/mol. The van der Waals surface area contributed by atoms with E-state index in [1.807, 2.05) is 31.2 Å². The minimum absolute atomic E-state index is 0.0386. The SMILES string of the molecule is CCCN1CCN(CC(O)COC(C)c2ccc(Cl)cc2)CC1. The summed E-state index contributed by atoms with van der Waals surface area (Å²) >= 11 is 5.89. The minimum Gasteiger partial charge on any atom is -0.389 e. The second-order valence-corrected chi connectivity index (χ2v) is 6.76. The van der Waals surface area contributed by atoms with Gasteiger partial charge >= 0.3 is 0 Å². The normalized spacial score (nSPS) is 19.7. The maximum Gasteiger partial charge on any atom is 0.0900 e. The van der Waals surface area contributed by atoms with Gasteiger partial charge in [0.2, 0.25) is 0 Å². The van der Waals surface area contributed by atoms with Crippen molar-refractivity contribution in [2.75, 3.05) is 45.9 Å². The average molecular weight is 341 g/mol. The Morgan fingerprint density at radius 1 is 1.13 bits per heavy atom. The maximum atomic E-state index is 10.2. The van der Waals surface area contributed by atoms with Crippen LogP contribution >= 0.6 is 11.6 Å². The quantitative estimate of drug-likeness (QED) is 0.789. The first-order chi connectivity index (χ1) is 11.1. The van der Waals surface area contributed by atoms with Crippen molar-refractivity contribution >= 4 is 11.6 Å². The van der Waals surface area contributed by atoms with E-state index in [0.29, 0.717) is 13.2 Å². The van der Waals surface area contributed by atoms with E-state index < -0.39 is 6.10 Å². The van der Waals surface area contributed by atoms with E-state index in [1.54, 1.807) is 0 Å². The highest BCUT2D eigenvalue weighted by Crippen LogP contribution is 2.19. The lowest BCUT2D eigenvalue weighted by atomic mass is 10.1. The number of β-amino-alcohol motifs (C(OH)–C–C–N with tert-alkyl or cyclic N) is 1. The standard InChI is InChI=1S/C18H29ClN2O2/c1-3-8-20-9-11-21(12-10-20)13-18(22)14-23-15(2)16-4-6-17(19)7-5-16/h4-7,15,18,22H,3,8-14H2,1-2H3. The molecule has 0 amide bonds. The minimum atomic E-state index is -0.442. The molecule has 0 saturated carbocycles. The molecule has 1 fully saturated rings. The summed E-state index contributed by atoms with van der Waals surface area (Å²) in [4.78, 5) is 4.81. The molecule has 0 aromatic heterocycles. The molecule has 2 atom stereocenters. The first-order valence-electron chi connectivity index (χ1n) is 8.58.